The summed E-state index contributed by atoms with van der Waals surface area (Å²) in [5, 5.41) is 23.7. The van der Waals surface area contributed by atoms with Crippen molar-refractivity contribution < 1.29 is 34.2 Å². The number of carbonyl (C=O) groups is 5. The highest BCUT2D eigenvalue weighted by Crippen LogP contribution is 2.19. The van der Waals surface area contributed by atoms with Gasteiger partial charge in [-0.05, 0) is 26.7 Å². The third kappa shape index (κ3) is 6.16. The highest BCUT2D eigenvalue weighted by atomic mass is 16.4. The SMILES string of the molecule is CC(N)C(=O)NC(CC(N)=O)C(=O)NC(C(=O)N1CCCC1C(=O)O)C(C)O. The van der Waals surface area contributed by atoms with Crippen LogP contribution in [0, 0.1) is 0 Å². The zero-order valence-electron chi connectivity index (χ0n) is 15.8. The Kier molecular flexibility index (Phi) is 8.32. The van der Waals surface area contributed by atoms with Crippen molar-refractivity contribution in [3.8, 4) is 0 Å². The van der Waals surface area contributed by atoms with E-state index < -0.39 is 66.3 Å². The molecule has 0 aromatic heterocycles. The third-order valence-corrected chi connectivity index (χ3v) is 4.32. The number of aliphatic hydroxyl groups is 1. The van der Waals surface area contributed by atoms with Crippen LogP contribution in [0.25, 0.3) is 0 Å². The van der Waals surface area contributed by atoms with Gasteiger partial charge < -0.3 is 37.2 Å². The summed E-state index contributed by atoms with van der Waals surface area (Å²) in [6.07, 6.45) is -1.18. The minimum atomic E-state index is -1.46. The van der Waals surface area contributed by atoms with Gasteiger partial charge in [-0.3, -0.25) is 19.2 Å². The summed E-state index contributed by atoms with van der Waals surface area (Å²) in [4.78, 5) is 60.6. The average molecular weight is 401 g/mol. The zero-order chi connectivity index (χ0) is 21.6. The first-order valence-electron chi connectivity index (χ1n) is 8.81. The minimum absolute atomic E-state index is 0.168. The molecular formula is C16H27N5O7. The van der Waals surface area contributed by atoms with Gasteiger partial charge in [-0.25, -0.2) is 4.79 Å². The number of aliphatic hydroxyl groups excluding tert-OH is 1. The fourth-order valence-electron chi connectivity index (χ4n) is 2.82. The van der Waals surface area contributed by atoms with E-state index in [1.165, 1.54) is 13.8 Å². The van der Waals surface area contributed by atoms with E-state index in [0.29, 0.717) is 6.42 Å². The first-order chi connectivity index (χ1) is 13.0. The second-order valence-corrected chi connectivity index (χ2v) is 6.78. The molecule has 28 heavy (non-hydrogen) atoms. The maximum atomic E-state index is 12.7. The largest absolute Gasteiger partial charge is 0.480 e. The van der Waals surface area contributed by atoms with Gasteiger partial charge in [-0.15, -0.1) is 0 Å². The van der Waals surface area contributed by atoms with Crippen LogP contribution in [0.2, 0.25) is 0 Å². The van der Waals surface area contributed by atoms with Crippen LogP contribution in [-0.4, -0.2) is 81.5 Å². The van der Waals surface area contributed by atoms with Crippen molar-refractivity contribution in [2.75, 3.05) is 6.54 Å². The minimum Gasteiger partial charge on any atom is -0.480 e. The average Bonchev–Trinajstić information content (AvgIpc) is 3.07. The van der Waals surface area contributed by atoms with Gasteiger partial charge in [0.1, 0.15) is 18.1 Å². The van der Waals surface area contributed by atoms with Crippen molar-refractivity contribution >= 4 is 29.6 Å². The number of rotatable bonds is 9. The molecule has 1 aliphatic heterocycles. The van der Waals surface area contributed by atoms with Crippen LogP contribution >= 0.6 is 0 Å². The monoisotopic (exact) mass is 401 g/mol. The van der Waals surface area contributed by atoms with Gasteiger partial charge in [0.05, 0.1) is 18.6 Å². The molecule has 0 saturated carbocycles. The Labute approximate surface area is 161 Å². The molecule has 5 unspecified atom stereocenters. The van der Waals surface area contributed by atoms with Crippen molar-refractivity contribution in [2.24, 2.45) is 11.5 Å². The number of carbonyl (C=O) groups excluding carboxylic acids is 4. The molecule has 4 amide bonds. The summed E-state index contributed by atoms with van der Waals surface area (Å²) in [7, 11) is 0. The van der Waals surface area contributed by atoms with E-state index in [1.54, 1.807) is 0 Å². The summed E-state index contributed by atoms with van der Waals surface area (Å²) in [6.45, 7) is 2.79. The normalized spacial score (nSPS) is 20.6. The van der Waals surface area contributed by atoms with Gasteiger partial charge in [0.2, 0.25) is 23.6 Å². The quantitative estimate of drug-likeness (QED) is 0.229. The molecule has 0 aromatic rings. The van der Waals surface area contributed by atoms with E-state index in [-0.39, 0.29) is 13.0 Å². The van der Waals surface area contributed by atoms with Crippen LogP contribution < -0.4 is 22.1 Å². The van der Waals surface area contributed by atoms with Crippen LogP contribution in [0.1, 0.15) is 33.1 Å². The number of nitrogens with one attached hydrogen (secondary N) is 2. The molecule has 12 heteroatoms. The van der Waals surface area contributed by atoms with Crippen LogP contribution in [0.15, 0.2) is 0 Å². The molecule has 0 bridgehead atoms. The maximum absolute atomic E-state index is 12.7. The van der Waals surface area contributed by atoms with Crippen LogP contribution in [0.4, 0.5) is 0 Å². The molecule has 0 aliphatic carbocycles. The van der Waals surface area contributed by atoms with E-state index in [2.05, 4.69) is 10.6 Å². The van der Waals surface area contributed by atoms with E-state index in [0.717, 1.165) is 4.90 Å². The molecule has 1 rings (SSSR count). The molecule has 158 valence electrons. The van der Waals surface area contributed by atoms with E-state index in [4.69, 9.17) is 11.5 Å². The summed E-state index contributed by atoms with van der Waals surface area (Å²) in [6, 6.07) is -4.88. The van der Waals surface area contributed by atoms with Gasteiger partial charge >= 0.3 is 5.97 Å². The fraction of sp³-hybridized carbons (Fsp3) is 0.688. The lowest BCUT2D eigenvalue weighted by molar-refractivity contribution is -0.150. The number of aliphatic carboxylic acids is 1. The Bertz CT molecular complexity index is 637. The molecule has 0 spiro atoms. The van der Waals surface area contributed by atoms with Crippen LogP contribution in [0.5, 0.6) is 0 Å². The number of hydrogen-bond donors (Lipinski definition) is 6. The predicted octanol–water partition coefficient (Wildman–Crippen LogP) is -3.36. The Morgan fingerprint density at radius 2 is 1.75 bits per heavy atom. The summed E-state index contributed by atoms with van der Waals surface area (Å²) >= 11 is 0. The summed E-state index contributed by atoms with van der Waals surface area (Å²) < 4.78 is 0. The van der Waals surface area contributed by atoms with Crippen molar-refractivity contribution in [1.29, 1.82) is 0 Å². The number of nitrogens with two attached hydrogens (primary N) is 2. The first-order valence-corrected chi connectivity index (χ1v) is 8.81. The Morgan fingerprint density at radius 3 is 2.21 bits per heavy atom. The van der Waals surface area contributed by atoms with Gasteiger partial charge in [0, 0.05) is 6.54 Å². The molecule has 1 fully saturated rings. The van der Waals surface area contributed by atoms with Crippen molar-refractivity contribution in [2.45, 2.75) is 63.4 Å². The lowest BCUT2D eigenvalue weighted by atomic mass is 10.1. The van der Waals surface area contributed by atoms with E-state index in [9.17, 15) is 34.2 Å². The van der Waals surface area contributed by atoms with Gasteiger partial charge in [-0.2, -0.15) is 0 Å². The van der Waals surface area contributed by atoms with Crippen molar-refractivity contribution in [3.63, 3.8) is 0 Å². The number of amides is 4. The standard InChI is InChI=1S/C16H27N5O7/c1-7(17)13(24)19-9(6-11(18)23)14(25)20-12(8(2)22)15(26)21-5-3-4-10(21)16(27)28/h7-10,12,22H,3-6,17H2,1-2H3,(H2,18,23)(H,19,24)(H,20,25)(H,27,28). The van der Waals surface area contributed by atoms with Gasteiger partial charge in [-0.1, -0.05) is 0 Å². The van der Waals surface area contributed by atoms with Crippen LogP contribution in [0.3, 0.4) is 0 Å². The van der Waals surface area contributed by atoms with Crippen molar-refractivity contribution in [1.82, 2.24) is 15.5 Å². The molecule has 0 radical (unpaired) electrons. The third-order valence-electron chi connectivity index (χ3n) is 4.32. The van der Waals surface area contributed by atoms with Gasteiger partial charge in [0.25, 0.3) is 0 Å². The summed E-state index contributed by atoms with van der Waals surface area (Å²) in [5.74, 6) is -4.48. The second-order valence-electron chi connectivity index (χ2n) is 6.78. The zero-order valence-corrected chi connectivity index (χ0v) is 15.8. The topological polar surface area (TPSA) is 205 Å². The molecule has 1 aliphatic rings. The molecular weight excluding hydrogens is 374 g/mol. The van der Waals surface area contributed by atoms with E-state index in [1.807, 2.05) is 0 Å². The predicted molar refractivity (Wildman–Crippen MR) is 95.4 cm³/mol. The molecule has 0 aromatic carbocycles. The van der Waals surface area contributed by atoms with Gasteiger partial charge in [0.15, 0.2) is 0 Å². The molecule has 1 heterocycles. The number of carboxylic acid groups (broad SMARTS) is 1. The Balaban J connectivity index is 2.96. The lowest BCUT2D eigenvalue weighted by Crippen LogP contribution is -2.60. The molecule has 12 nitrogen and oxygen atoms in total. The molecule has 1 saturated heterocycles. The number of carboxylic acids is 1. The highest BCUT2D eigenvalue weighted by Gasteiger charge is 2.40. The highest BCUT2D eigenvalue weighted by molar-refractivity contribution is 5.96. The smallest absolute Gasteiger partial charge is 0.326 e. The maximum Gasteiger partial charge on any atom is 0.326 e. The van der Waals surface area contributed by atoms with Crippen LogP contribution in [-0.2, 0) is 24.0 Å². The molecule has 8 N–H and O–H groups in total. The lowest BCUT2D eigenvalue weighted by Gasteiger charge is -2.30. The second kappa shape index (κ2) is 9.99. The van der Waals surface area contributed by atoms with Crippen molar-refractivity contribution in [3.05, 3.63) is 0 Å². The molecule has 5 atom stereocenters. The van der Waals surface area contributed by atoms with E-state index >= 15 is 0 Å². The number of primary amides is 1. The Hall–Kier alpha value is -2.73. The summed E-state index contributed by atoms with van der Waals surface area (Å²) in [5.41, 5.74) is 10.5. The number of nitrogens with zero attached hydrogens (tertiary/aromatic N) is 1. The first kappa shape index (κ1) is 23.3. The fourth-order valence-corrected chi connectivity index (χ4v) is 2.82. The number of likely N-dealkylation sites (tertiary alicyclic amines) is 1. The Morgan fingerprint density at radius 1 is 1.14 bits per heavy atom. The number of hydrogen-bond acceptors (Lipinski definition) is 7.